The second-order valence-corrected chi connectivity index (χ2v) is 4.20. The smallest absolute Gasteiger partial charge is 0.385 e. The van der Waals surface area contributed by atoms with Gasteiger partial charge in [-0.3, -0.25) is 0 Å². The lowest BCUT2D eigenvalue weighted by Crippen LogP contribution is -2.18. The normalized spacial score (nSPS) is 12.8. The second-order valence-electron chi connectivity index (χ2n) is 4.20. The van der Waals surface area contributed by atoms with Crippen molar-refractivity contribution in [2.45, 2.75) is 25.6 Å². The van der Waals surface area contributed by atoms with Crippen molar-refractivity contribution in [3.05, 3.63) is 29.3 Å². The van der Waals surface area contributed by atoms with E-state index in [0.29, 0.717) is 18.7 Å². The Morgan fingerprint density at radius 1 is 1.42 bits per heavy atom. The highest BCUT2D eigenvalue weighted by atomic mass is 19.4. The molecule has 1 aromatic rings. The van der Waals surface area contributed by atoms with Gasteiger partial charge in [-0.1, -0.05) is 0 Å². The molecule has 1 unspecified atom stereocenters. The molecule has 0 amide bonds. The first-order valence-electron chi connectivity index (χ1n) is 5.75. The van der Waals surface area contributed by atoms with Gasteiger partial charge in [0.15, 0.2) is 0 Å². The van der Waals surface area contributed by atoms with E-state index in [0.717, 1.165) is 6.07 Å². The van der Waals surface area contributed by atoms with Gasteiger partial charge in [0.2, 0.25) is 0 Å². The summed E-state index contributed by atoms with van der Waals surface area (Å²) < 4.78 is 43.2. The summed E-state index contributed by atoms with van der Waals surface area (Å²) in [7, 11) is 1.57. The summed E-state index contributed by atoms with van der Waals surface area (Å²) in [5.74, 6) is 0. The van der Waals surface area contributed by atoms with Gasteiger partial charge in [0.25, 0.3) is 0 Å². The van der Waals surface area contributed by atoms with Crippen LogP contribution in [0.1, 0.15) is 24.5 Å². The summed E-state index contributed by atoms with van der Waals surface area (Å²) in [6.45, 7) is 2.38. The zero-order valence-electron chi connectivity index (χ0n) is 10.7. The van der Waals surface area contributed by atoms with E-state index in [1.54, 1.807) is 13.2 Å². The number of halogens is 3. The van der Waals surface area contributed by atoms with Crippen LogP contribution in [-0.2, 0) is 10.9 Å². The fourth-order valence-corrected chi connectivity index (χ4v) is 1.62. The predicted molar refractivity (Wildman–Crippen MR) is 65.7 cm³/mol. The molecule has 0 heterocycles. The molecule has 0 spiro atoms. The Hall–Kier alpha value is -1.74. The van der Waals surface area contributed by atoms with E-state index in [4.69, 9.17) is 10.00 Å². The van der Waals surface area contributed by atoms with E-state index in [-0.39, 0.29) is 11.6 Å². The second kappa shape index (κ2) is 6.43. The van der Waals surface area contributed by atoms with Gasteiger partial charge in [-0.15, -0.1) is 0 Å². The van der Waals surface area contributed by atoms with Gasteiger partial charge in [0, 0.05) is 25.4 Å². The molecule has 0 aliphatic carbocycles. The van der Waals surface area contributed by atoms with E-state index >= 15 is 0 Å². The number of benzene rings is 1. The van der Waals surface area contributed by atoms with Crippen LogP contribution in [0.5, 0.6) is 0 Å². The summed E-state index contributed by atoms with van der Waals surface area (Å²) in [6.07, 6.45) is -3.85. The number of methoxy groups -OCH3 is 1. The number of hydrogen-bond acceptors (Lipinski definition) is 3. The topological polar surface area (TPSA) is 45.0 Å². The SMILES string of the molecule is COCCC(C)Nc1ccc(C#N)c(C(F)(F)F)c1. The summed E-state index contributed by atoms with van der Waals surface area (Å²) in [5, 5.41) is 11.6. The van der Waals surface area contributed by atoms with E-state index in [1.165, 1.54) is 12.1 Å². The molecule has 19 heavy (non-hydrogen) atoms. The maximum Gasteiger partial charge on any atom is 0.417 e. The minimum Gasteiger partial charge on any atom is -0.385 e. The lowest BCUT2D eigenvalue weighted by molar-refractivity contribution is -0.137. The first kappa shape index (κ1) is 15.3. The van der Waals surface area contributed by atoms with Crippen LogP contribution in [0.4, 0.5) is 18.9 Å². The van der Waals surface area contributed by atoms with Crippen LogP contribution in [0.15, 0.2) is 18.2 Å². The van der Waals surface area contributed by atoms with Gasteiger partial charge >= 0.3 is 6.18 Å². The van der Waals surface area contributed by atoms with Gasteiger partial charge in [-0.25, -0.2) is 0 Å². The molecule has 0 fully saturated rings. The molecule has 0 radical (unpaired) electrons. The molecule has 104 valence electrons. The average molecular weight is 272 g/mol. The van der Waals surface area contributed by atoms with Crippen molar-refractivity contribution in [2.24, 2.45) is 0 Å². The van der Waals surface area contributed by atoms with Gasteiger partial charge in [-0.2, -0.15) is 18.4 Å². The number of nitrogens with zero attached hydrogens (tertiary/aromatic N) is 1. The summed E-state index contributed by atoms with van der Waals surface area (Å²) in [5.41, 5.74) is -0.948. The number of nitrogens with one attached hydrogen (secondary N) is 1. The Morgan fingerprint density at radius 2 is 2.11 bits per heavy atom. The molecule has 6 heteroatoms. The predicted octanol–water partition coefficient (Wildman–Crippen LogP) is 3.41. The van der Waals surface area contributed by atoms with Crippen LogP contribution in [0.25, 0.3) is 0 Å². The Morgan fingerprint density at radius 3 is 2.63 bits per heavy atom. The van der Waals surface area contributed by atoms with Gasteiger partial charge in [0.1, 0.15) is 0 Å². The molecule has 0 aliphatic heterocycles. The van der Waals surface area contributed by atoms with Gasteiger partial charge in [-0.05, 0) is 31.5 Å². The third-order valence-electron chi connectivity index (χ3n) is 2.61. The highest BCUT2D eigenvalue weighted by Gasteiger charge is 2.33. The number of anilines is 1. The van der Waals surface area contributed by atoms with Crippen molar-refractivity contribution >= 4 is 5.69 Å². The minimum atomic E-state index is -4.53. The largest absolute Gasteiger partial charge is 0.417 e. The number of alkyl halides is 3. The maximum atomic E-state index is 12.8. The Labute approximate surface area is 110 Å². The van der Waals surface area contributed by atoms with E-state index in [9.17, 15) is 13.2 Å². The monoisotopic (exact) mass is 272 g/mol. The number of rotatable bonds is 5. The first-order chi connectivity index (χ1) is 8.88. The van der Waals surface area contributed by atoms with Gasteiger partial charge < -0.3 is 10.1 Å². The van der Waals surface area contributed by atoms with Crippen LogP contribution in [0, 0.1) is 11.3 Å². The average Bonchev–Trinajstić information content (AvgIpc) is 2.35. The fraction of sp³-hybridized carbons (Fsp3) is 0.462. The van der Waals surface area contributed by atoms with Crippen LogP contribution in [0.3, 0.4) is 0 Å². The van der Waals surface area contributed by atoms with Gasteiger partial charge in [0.05, 0.1) is 17.2 Å². The molecule has 1 atom stereocenters. The van der Waals surface area contributed by atoms with E-state index < -0.39 is 11.7 Å². The zero-order chi connectivity index (χ0) is 14.5. The third kappa shape index (κ3) is 4.45. The third-order valence-corrected chi connectivity index (χ3v) is 2.61. The molecule has 0 aromatic heterocycles. The first-order valence-corrected chi connectivity index (χ1v) is 5.75. The van der Waals surface area contributed by atoms with Crippen molar-refractivity contribution in [1.82, 2.24) is 0 Å². The van der Waals surface area contributed by atoms with Crippen LogP contribution in [-0.4, -0.2) is 19.8 Å². The molecule has 0 saturated carbocycles. The van der Waals surface area contributed by atoms with Crippen LogP contribution in [0.2, 0.25) is 0 Å². The summed E-state index contributed by atoms with van der Waals surface area (Å²) in [4.78, 5) is 0. The van der Waals surface area contributed by atoms with E-state index in [1.807, 2.05) is 6.92 Å². The standard InChI is InChI=1S/C13H15F3N2O/c1-9(5-6-19-2)18-11-4-3-10(8-17)12(7-11)13(14,15)16/h3-4,7,9,18H,5-6H2,1-2H3. The van der Waals surface area contributed by atoms with Crippen molar-refractivity contribution in [1.29, 1.82) is 5.26 Å². The Balaban J connectivity index is 2.91. The number of nitriles is 1. The molecular formula is C13H15F3N2O. The molecular weight excluding hydrogens is 257 g/mol. The lowest BCUT2D eigenvalue weighted by atomic mass is 10.1. The minimum absolute atomic E-state index is 0.0195. The quantitative estimate of drug-likeness (QED) is 0.893. The van der Waals surface area contributed by atoms with Crippen molar-refractivity contribution < 1.29 is 17.9 Å². The Kier molecular flexibility index (Phi) is 5.19. The summed E-state index contributed by atoms with van der Waals surface area (Å²) in [6, 6.07) is 5.13. The fourth-order valence-electron chi connectivity index (χ4n) is 1.62. The van der Waals surface area contributed by atoms with E-state index in [2.05, 4.69) is 5.32 Å². The molecule has 1 rings (SSSR count). The maximum absolute atomic E-state index is 12.8. The highest BCUT2D eigenvalue weighted by Crippen LogP contribution is 2.33. The molecule has 1 N–H and O–H groups in total. The molecule has 1 aromatic carbocycles. The van der Waals surface area contributed by atoms with Crippen LogP contribution >= 0.6 is 0 Å². The van der Waals surface area contributed by atoms with Crippen LogP contribution < -0.4 is 5.32 Å². The number of hydrogen-bond donors (Lipinski definition) is 1. The molecule has 0 saturated heterocycles. The Bertz CT molecular complexity index is 466. The summed E-state index contributed by atoms with van der Waals surface area (Å²) >= 11 is 0. The van der Waals surface area contributed by atoms with Crippen molar-refractivity contribution in [3.8, 4) is 6.07 Å². The highest BCUT2D eigenvalue weighted by molar-refractivity contribution is 5.53. The van der Waals surface area contributed by atoms with Crippen molar-refractivity contribution in [2.75, 3.05) is 19.0 Å². The zero-order valence-corrected chi connectivity index (χ0v) is 10.7. The number of ether oxygens (including phenoxy) is 1. The molecule has 0 bridgehead atoms. The lowest BCUT2D eigenvalue weighted by Gasteiger charge is -2.17. The molecule has 3 nitrogen and oxygen atoms in total. The van der Waals surface area contributed by atoms with Crippen molar-refractivity contribution in [3.63, 3.8) is 0 Å². The molecule has 0 aliphatic rings.